The molecule has 96 valence electrons. The van der Waals surface area contributed by atoms with Crippen LogP contribution in [-0.4, -0.2) is 31.9 Å². The number of carboxylic acids is 2. The third-order valence-electron chi connectivity index (χ3n) is 2.39. The van der Waals surface area contributed by atoms with Crippen LogP contribution >= 0.6 is 0 Å². The SMILES string of the molecule is O=C(O)c1ccc(-n2ccc(=O)c(C(=O)O)n2)cc1. The molecular formula is C12H8N2O5. The molecule has 0 spiro atoms. The number of nitrogens with zero attached hydrogens (tertiary/aromatic N) is 2. The van der Waals surface area contributed by atoms with Crippen molar-refractivity contribution in [1.82, 2.24) is 9.78 Å². The van der Waals surface area contributed by atoms with E-state index in [0.29, 0.717) is 5.69 Å². The molecule has 1 aromatic heterocycles. The number of hydrogen-bond donors (Lipinski definition) is 2. The van der Waals surface area contributed by atoms with Crippen molar-refractivity contribution in [2.45, 2.75) is 0 Å². The van der Waals surface area contributed by atoms with E-state index >= 15 is 0 Å². The molecule has 0 atom stereocenters. The first kappa shape index (κ1) is 12.5. The molecule has 19 heavy (non-hydrogen) atoms. The molecular weight excluding hydrogens is 252 g/mol. The minimum Gasteiger partial charge on any atom is -0.478 e. The van der Waals surface area contributed by atoms with Crippen molar-refractivity contribution in [2.75, 3.05) is 0 Å². The zero-order chi connectivity index (χ0) is 14.0. The van der Waals surface area contributed by atoms with Gasteiger partial charge in [0, 0.05) is 12.3 Å². The third kappa shape index (κ3) is 2.49. The average molecular weight is 260 g/mol. The molecule has 0 unspecified atom stereocenters. The molecule has 1 heterocycles. The van der Waals surface area contributed by atoms with Gasteiger partial charge in [0.25, 0.3) is 0 Å². The van der Waals surface area contributed by atoms with E-state index in [9.17, 15) is 14.4 Å². The Labute approximate surface area is 106 Å². The predicted molar refractivity (Wildman–Crippen MR) is 63.8 cm³/mol. The highest BCUT2D eigenvalue weighted by Gasteiger charge is 2.11. The van der Waals surface area contributed by atoms with Gasteiger partial charge in [0.15, 0.2) is 0 Å². The first-order valence-corrected chi connectivity index (χ1v) is 5.16. The van der Waals surface area contributed by atoms with E-state index < -0.39 is 23.1 Å². The molecule has 2 rings (SSSR count). The Bertz CT molecular complexity index is 703. The standard InChI is InChI=1S/C12H8N2O5/c15-9-5-6-14(13-10(9)12(18)19)8-3-1-7(2-4-8)11(16)17/h1-6H,(H,16,17)(H,18,19). The van der Waals surface area contributed by atoms with E-state index in [2.05, 4.69) is 5.10 Å². The van der Waals surface area contributed by atoms with Crippen molar-refractivity contribution in [3.05, 3.63) is 58.0 Å². The van der Waals surface area contributed by atoms with Crippen molar-refractivity contribution in [3.8, 4) is 5.69 Å². The van der Waals surface area contributed by atoms with Gasteiger partial charge < -0.3 is 10.2 Å². The Kier molecular flexibility index (Phi) is 3.11. The molecule has 7 heteroatoms. The Morgan fingerprint density at radius 2 is 1.63 bits per heavy atom. The Morgan fingerprint density at radius 1 is 1.00 bits per heavy atom. The molecule has 0 saturated heterocycles. The van der Waals surface area contributed by atoms with Crippen LogP contribution in [-0.2, 0) is 0 Å². The number of aromatic nitrogens is 2. The van der Waals surface area contributed by atoms with Crippen LogP contribution in [0.4, 0.5) is 0 Å². The smallest absolute Gasteiger partial charge is 0.360 e. The number of aromatic carboxylic acids is 2. The van der Waals surface area contributed by atoms with Gasteiger partial charge in [0.1, 0.15) is 0 Å². The summed E-state index contributed by atoms with van der Waals surface area (Å²) in [5.41, 5.74) is -0.730. The molecule has 0 amide bonds. The molecule has 0 bridgehead atoms. The molecule has 0 radical (unpaired) electrons. The molecule has 2 aromatic rings. The van der Waals surface area contributed by atoms with Crippen LogP contribution in [0.2, 0.25) is 0 Å². The number of hydrogen-bond acceptors (Lipinski definition) is 4. The van der Waals surface area contributed by atoms with Crippen LogP contribution in [0, 0.1) is 0 Å². The fraction of sp³-hybridized carbons (Fsp3) is 0. The minimum atomic E-state index is -1.42. The molecule has 0 aliphatic carbocycles. The summed E-state index contributed by atoms with van der Waals surface area (Å²) in [6, 6.07) is 6.73. The van der Waals surface area contributed by atoms with Crippen LogP contribution in [0.1, 0.15) is 20.8 Å². The second-order valence-electron chi connectivity index (χ2n) is 3.63. The largest absolute Gasteiger partial charge is 0.478 e. The lowest BCUT2D eigenvalue weighted by Gasteiger charge is -2.05. The molecule has 1 aromatic carbocycles. The zero-order valence-corrected chi connectivity index (χ0v) is 9.48. The van der Waals surface area contributed by atoms with Crippen molar-refractivity contribution in [3.63, 3.8) is 0 Å². The monoisotopic (exact) mass is 260 g/mol. The third-order valence-corrected chi connectivity index (χ3v) is 2.39. The highest BCUT2D eigenvalue weighted by Crippen LogP contribution is 2.08. The average Bonchev–Trinajstić information content (AvgIpc) is 2.39. The summed E-state index contributed by atoms with van der Waals surface area (Å²) in [5.74, 6) is -2.48. The number of carbonyl (C=O) groups is 2. The van der Waals surface area contributed by atoms with Crippen molar-refractivity contribution in [2.24, 2.45) is 0 Å². The molecule has 2 N–H and O–H groups in total. The maximum atomic E-state index is 11.3. The Morgan fingerprint density at radius 3 is 2.16 bits per heavy atom. The molecule has 0 aliphatic heterocycles. The van der Waals surface area contributed by atoms with Crippen LogP contribution in [0.25, 0.3) is 5.69 Å². The van der Waals surface area contributed by atoms with Crippen LogP contribution in [0.15, 0.2) is 41.3 Å². The summed E-state index contributed by atoms with van der Waals surface area (Å²) in [6.07, 6.45) is 1.31. The highest BCUT2D eigenvalue weighted by atomic mass is 16.4. The maximum Gasteiger partial charge on any atom is 0.360 e. The second kappa shape index (κ2) is 4.73. The second-order valence-corrected chi connectivity index (χ2v) is 3.63. The molecule has 0 fully saturated rings. The van der Waals surface area contributed by atoms with E-state index in [1.807, 2.05) is 0 Å². The van der Waals surface area contributed by atoms with Gasteiger partial charge in [-0.15, -0.1) is 0 Å². The van der Waals surface area contributed by atoms with Gasteiger partial charge in [0.05, 0.1) is 11.3 Å². The van der Waals surface area contributed by atoms with E-state index in [1.54, 1.807) is 0 Å². The van der Waals surface area contributed by atoms with Crippen molar-refractivity contribution >= 4 is 11.9 Å². The Balaban J connectivity index is 2.47. The topological polar surface area (TPSA) is 109 Å². The van der Waals surface area contributed by atoms with Gasteiger partial charge in [-0.3, -0.25) is 4.79 Å². The van der Waals surface area contributed by atoms with Gasteiger partial charge in [-0.1, -0.05) is 0 Å². The van der Waals surface area contributed by atoms with Gasteiger partial charge in [-0.05, 0) is 24.3 Å². The molecule has 0 saturated carbocycles. The first-order chi connectivity index (χ1) is 8.99. The van der Waals surface area contributed by atoms with Crippen LogP contribution < -0.4 is 5.43 Å². The molecule has 7 nitrogen and oxygen atoms in total. The number of benzene rings is 1. The van der Waals surface area contributed by atoms with E-state index in [4.69, 9.17) is 10.2 Å². The van der Waals surface area contributed by atoms with E-state index in [1.165, 1.54) is 35.1 Å². The first-order valence-electron chi connectivity index (χ1n) is 5.16. The summed E-state index contributed by atoms with van der Waals surface area (Å²) in [7, 11) is 0. The van der Waals surface area contributed by atoms with Gasteiger partial charge in [-0.25, -0.2) is 14.3 Å². The quantitative estimate of drug-likeness (QED) is 0.837. The fourth-order valence-electron chi connectivity index (χ4n) is 1.46. The summed E-state index contributed by atoms with van der Waals surface area (Å²) in [6.45, 7) is 0. The number of carboxylic acid groups (broad SMARTS) is 2. The predicted octanol–water partition coefficient (Wildman–Crippen LogP) is 0.629. The maximum absolute atomic E-state index is 11.3. The lowest BCUT2D eigenvalue weighted by Crippen LogP contribution is -2.20. The summed E-state index contributed by atoms with van der Waals surface area (Å²) < 4.78 is 1.19. The minimum absolute atomic E-state index is 0.100. The fourth-order valence-corrected chi connectivity index (χ4v) is 1.46. The van der Waals surface area contributed by atoms with Crippen LogP contribution in [0.5, 0.6) is 0 Å². The highest BCUT2D eigenvalue weighted by molar-refractivity contribution is 5.87. The lowest BCUT2D eigenvalue weighted by molar-refractivity contribution is 0.0680. The summed E-state index contributed by atoms with van der Waals surface area (Å²) in [5, 5.41) is 21.2. The van der Waals surface area contributed by atoms with E-state index in [0.717, 1.165) is 6.07 Å². The van der Waals surface area contributed by atoms with Crippen molar-refractivity contribution < 1.29 is 19.8 Å². The summed E-state index contributed by atoms with van der Waals surface area (Å²) >= 11 is 0. The lowest BCUT2D eigenvalue weighted by atomic mass is 10.2. The zero-order valence-electron chi connectivity index (χ0n) is 9.48. The summed E-state index contributed by atoms with van der Waals surface area (Å²) in [4.78, 5) is 32.7. The van der Waals surface area contributed by atoms with Gasteiger partial charge >= 0.3 is 11.9 Å². The van der Waals surface area contributed by atoms with Crippen LogP contribution in [0.3, 0.4) is 0 Å². The van der Waals surface area contributed by atoms with Crippen molar-refractivity contribution in [1.29, 1.82) is 0 Å². The molecule has 0 aliphatic rings. The van der Waals surface area contributed by atoms with Gasteiger partial charge in [-0.2, -0.15) is 5.10 Å². The Hall–Kier alpha value is -2.96. The number of rotatable bonds is 3. The normalized spacial score (nSPS) is 10.1. The van der Waals surface area contributed by atoms with E-state index in [-0.39, 0.29) is 5.56 Å². The van der Waals surface area contributed by atoms with Gasteiger partial charge in [0.2, 0.25) is 11.1 Å².